The van der Waals surface area contributed by atoms with Gasteiger partial charge in [0.15, 0.2) is 0 Å². The van der Waals surface area contributed by atoms with Crippen molar-refractivity contribution in [3.05, 3.63) is 64.6 Å². The number of hydrogen-bond donors (Lipinski definition) is 0. The number of carbonyl (C=O) groups is 2. The van der Waals surface area contributed by atoms with Gasteiger partial charge in [-0.15, -0.1) is 0 Å². The lowest BCUT2D eigenvalue weighted by molar-refractivity contribution is -0.120. The number of allylic oxidation sites excluding steroid dienone is 1. The van der Waals surface area contributed by atoms with E-state index < -0.39 is 0 Å². The van der Waals surface area contributed by atoms with E-state index in [2.05, 4.69) is 23.3 Å². The van der Waals surface area contributed by atoms with Crippen molar-refractivity contribution < 1.29 is 14.3 Å². The molecule has 7 heteroatoms. The fourth-order valence-electron chi connectivity index (χ4n) is 5.89. The Morgan fingerprint density at radius 3 is 2.47 bits per heavy atom. The van der Waals surface area contributed by atoms with Gasteiger partial charge in [0.2, 0.25) is 5.91 Å². The van der Waals surface area contributed by atoms with Crippen molar-refractivity contribution in [3.8, 4) is 5.75 Å². The van der Waals surface area contributed by atoms with Crippen LogP contribution < -0.4 is 9.64 Å². The molecule has 3 fully saturated rings. The molecule has 2 amide bonds. The van der Waals surface area contributed by atoms with E-state index in [1.807, 2.05) is 36.4 Å². The molecule has 1 aliphatic carbocycles. The average molecular weight is 532 g/mol. The first kappa shape index (κ1) is 25.5. The third kappa shape index (κ3) is 5.36. The van der Waals surface area contributed by atoms with Gasteiger partial charge in [0.1, 0.15) is 18.4 Å². The van der Waals surface area contributed by atoms with Gasteiger partial charge >= 0.3 is 0 Å². The fraction of sp³-hybridized carbons (Fsp3) is 0.484. The third-order valence-electron chi connectivity index (χ3n) is 8.57. The molecule has 3 heterocycles. The molecule has 6 rings (SSSR count). The van der Waals surface area contributed by atoms with E-state index in [1.54, 1.807) is 21.6 Å². The first-order chi connectivity index (χ1) is 18.6. The van der Waals surface area contributed by atoms with Crippen molar-refractivity contribution in [1.29, 1.82) is 0 Å². The zero-order valence-electron chi connectivity index (χ0n) is 22.2. The molecular formula is C31H37N3O3S. The molecule has 0 spiro atoms. The molecule has 0 radical (unpaired) electrons. The van der Waals surface area contributed by atoms with Crippen LogP contribution in [0.25, 0.3) is 0 Å². The zero-order valence-corrected chi connectivity index (χ0v) is 23.0. The quantitative estimate of drug-likeness (QED) is 0.492. The average Bonchev–Trinajstić information content (AvgIpc) is 2.92. The Labute approximate surface area is 230 Å². The Kier molecular flexibility index (Phi) is 7.48. The first-order valence-electron chi connectivity index (χ1n) is 14.2. The van der Waals surface area contributed by atoms with E-state index in [0.29, 0.717) is 18.7 Å². The van der Waals surface area contributed by atoms with Crippen molar-refractivity contribution >= 4 is 29.3 Å². The lowest BCUT2D eigenvalue weighted by Crippen LogP contribution is -2.52. The standard InChI is InChI=1S/C31H37N3O3S/c1-2-22-18-23-6-7-24(19-29(23)38-21-22)31(36)33-16-17-34(30(35)20-33)26-8-10-27(11-9-26)37-28-12-14-32(15-13-28)25-4-3-5-25/h6-11,19,21,25,28H,2-5,12-18,20H2,1H3. The summed E-state index contributed by atoms with van der Waals surface area (Å²) >= 11 is 1.69. The summed E-state index contributed by atoms with van der Waals surface area (Å²) in [6.07, 6.45) is 8.52. The topological polar surface area (TPSA) is 53.1 Å². The van der Waals surface area contributed by atoms with Gasteiger partial charge in [-0.1, -0.05) is 36.7 Å². The smallest absolute Gasteiger partial charge is 0.254 e. The molecule has 3 aliphatic heterocycles. The summed E-state index contributed by atoms with van der Waals surface area (Å²) in [5.74, 6) is 0.742. The Morgan fingerprint density at radius 1 is 1.00 bits per heavy atom. The van der Waals surface area contributed by atoms with Crippen molar-refractivity contribution in [1.82, 2.24) is 9.80 Å². The SMILES string of the molecule is CCC1=CSc2cc(C(=O)N3CCN(c4ccc(OC5CCN(C6CCC6)CC5)cc4)C(=O)C3)ccc2C1. The zero-order chi connectivity index (χ0) is 26.1. The maximum atomic E-state index is 13.2. The minimum atomic E-state index is -0.0706. The second kappa shape index (κ2) is 11.1. The van der Waals surface area contributed by atoms with E-state index in [1.165, 1.54) is 30.4 Å². The van der Waals surface area contributed by atoms with Crippen LogP contribution >= 0.6 is 11.8 Å². The van der Waals surface area contributed by atoms with Crippen LogP contribution in [0.5, 0.6) is 5.75 Å². The fourth-order valence-corrected chi connectivity index (χ4v) is 6.92. The van der Waals surface area contributed by atoms with Crippen LogP contribution in [0.1, 0.15) is 61.4 Å². The summed E-state index contributed by atoms with van der Waals surface area (Å²) < 4.78 is 6.27. The Morgan fingerprint density at radius 2 is 1.79 bits per heavy atom. The highest BCUT2D eigenvalue weighted by atomic mass is 32.2. The number of fused-ring (bicyclic) bond motifs is 1. The van der Waals surface area contributed by atoms with Crippen molar-refractivity contribution in [3.63, 3.8) is 0 Å². The summed E-state index contributed by atoms with van der Waals surface area (Å²) in [4.78, 5) is 33.5. The maximum absolute atomic E-state index is 13.2. The lowest BCUT2D eigenvalue weighted by Gasteiger charge is -2.41. The molecule has 0 bridgehead atoms. The monoisotopic (exact) mass is 531 g/mol. The molecule has 38 heavy (non-hydrogen) atoms. The highest BCUT2D eigenvalue weighted by Gasteiger charge is 2.31. The van der Waals surface area contributed by atoms with E-state index in [0.717, 1.165) is 61.1 Å². The molecule has 2 saturated heterocycles. The molecular weight excluding hydrogens is 494 g/mol. The summed E-state index contributed by atoms with van der Waals surface area (Å²) in [6.45, 7) is 5.55. The predicted octanol–water partition coefficient (Wildman–Crippen LogP) is 5.51. The molecule has 0 unspecified atom stereocenters. The first-order valence-corrected chi connectivity index (χ1v) is 15.0. The number of amides is 2. The number of thioether (sulfide) groups is 1. The minimum Gasteiger partial charge on any atom is -0.490 e. The van der Waals surface area contributed by atoms with E-state index in [4.69, 9.17) is 4.74 Å². The molecule has 0 N–H and O–H groups in total. The van der Waals surface area contributed by atoms with Gasteiger partial charge in [0, 0.05) is 48.4 Å². The largest absolute Gasteiger partial charge is 0.490 e. The predicted molar refractivity (Wildman–Crippen MR) is 152 cm³/mol. The minimum absolute atomic E-state index is 0.0514. The van der Waals surface area contributed by atoms with Gasteiger partial charge in [0.25, 0.3) is 5.91 Å². The van der Waals surface area contributed by atoms with Gasteiger partial charge < -0.3 is 19.4 Å². The van der Waals surface area contributed by atoms with E-state index >= 15 is 0 Å². The summed E-state index contributed by atoms with van der Waals surface area (Å²) in [5, 5.41) is 2.20. The molecule has 2 aromatic rings. The maximum Gasteiger partial charge on any atom is 0.254 e. The van der Waals surface area contributed by atoms with Crippen LogP contribution in [-0.2, 0) is 11.2 Å². The van der Waals surface area contributed by atoms with Gasteiger partial charge in [0.05, 0.1) is 0 Å². The number of benzene rings is 2. The number of anilines is 1. The van der Waals surface area contributed by atoms with Gasteiger partial charge in [-0.2, -0.15) is 0 Å². The number of nitrogens with zero attached hydrogens (tertiary/aromatic N) is 3. The number of piperidine rings is 1. The summed E-state index contributed by atoms with van der Waals surface area (Å²) in [6, 6.07) is 14.7. The number of hydrogen-bond acceptors (Lipinski definition) is 5. The van der Waals surface area contributed by atoms with Gasteiger partial charge in [-0.3, -0.25) is 9.59 Å². The van der Waals surface area contributed by atoms with Gasteiger partial charge in [-0.05, 0) is 85.9 Å². The second-order valence-corrected chi connectivity index (χ2v) is 11.9. The van der Waals surface area contributed by atoms with Crippen LogP contribution in [0.3, 0.4) is 0 Å². The highest BCUT2D eigenvalue weighted by molar-refractivity contribution is 8.02. The Hall–Kier alpha value is -2.77. The van der Waals surface area contributed by atoms with Gasteiger partial charge in [-0.25, -0.2) is 0 Å². The third-order valence-corrected chi connectivity index (χ3v) is 9.65. The van der Waals surface area contributed by atoms with Crippen LogP contribution in [0, 0.1) is 0 Å². The van der Waals surface area contributed by atoms with Crippen molar-refractivity contribution in [2.24, 2.45) is 0 Å². The molecule has 4 aliphatic rings. The van der Waals surface area contributed by atoms with Crippen LogP contribution in [0.2, 0.25) is 0 Å². The molecule has 6 nitrogen and oxygen atoms in total. The van der Waals surface area contributed by atoms with Crippen LogP contribution in [-0.4, -0.2) is 66.5 Å². The second-order valence-electron chi connectivity index (χ2n) is 11.0. The molecule has 2 aromatic carbocycles. The Bertz CT molecular complexity index is 1220. The van der Waals surface area contributed by atoms with Crippen molar-refractivity contribution in [2.75, 3.05) is 37.6 Å². The number of piperazine rings is 1. The van der Waals surface area contributed by atoms with Crippen LogP contribution in [0.4, 0.5) is 5.69 Å². The Balaban J connectivity index is 1.02. The number of likely N-dealkylation sites (tertiary alicyclic amines) is 1. The number of carbonyl (C=O) groups excluding carboxylic acids is 2. The van der Waals surface area contributed by atoms with E-state index in [-0.39, 0.29) is 24.5 Å². The molecule has 1 saturated carbocycles. The molecule has 200 valence electrons. The van der Waals surface area contributed by atoms with Crippen LogP contribution in [0.15, 0.2) is 58.3 Å². The molecule has 0 atom stereocenters. The van der Waals surface area contributed by atoms with E-state index in [9.17, 15) is 9.59 Å². The summed E-state index contributed by atoms with van der Waals surface area (Å²) in [5.41, 5.74) is 4.22. The summed E-state index contributed by atoms with van der Waals surface area (Å²) in [7, 11) is 0. The van der Waals surface area contributed by atoms with Crippen molar-refractivity contribution in [2.45, 2.75) is 68.9 Å². The number of rotatable bonds is 6. The normalized spacial score (nSPS) is 21.1. The number of ether oxygens (including phenoxy) is 1. The lowest BCUT2D eigenvalue weighted by atomic mass is 9.90. The highest BCUT2D eigenvalue weighted by Crippen LogP contribution is 2.34. The molecule has 0 aromatic heterocycles.